The first-order valence-corrected chi connectivity index (χ1v) is 6.99. The first-order valence-electron chi connectivity index (χ1n) is 6.24. The molecule has 0 bridgehead atoms. The molecule has 0 spiro atoms. The van der Waals surface area contributed by atoms with Crippen LogP contribution < -0.4 is 5.32 Å². The Morgan fingerprint density at radius 2 is 1.95 bits per heavy atom. The van der Waals surface area contributed by atoms with Crippen LogP contribution in [-0.4, -0.2) is 26.1 Å². The Labute approximate surface area is 135 Å². The van der Waals surface area contributed by atoms with E-state index in [2.05, 4.69) is 20.8 Å². The van der Waals surface area contributed by atoms with Gasteiger partial charge in [0.2, 0.25) is 0 Å². The van der Waals surface area contributed by atoms with Gasteiger partial charge in [-0.1, -0.05) is 35.3 Å². The summed E-state index contributed by atoms with van der Waals surface area (Å²) < 4.78 is 1.46. The SMILES string of the molecule is O=C(Nc1cccc(Cl)c1Cl)c1cccc(-n2cnnn2)c1. The molecular weight excluding hydrogens is 325 g/mol. The zero-order chi connectivity index (χ0) is 15.5. The molecular formula is C14H9Cl2N5O. The van der Waals surface area contributed by atoms with Crippen molar-refractivity contribution in [1.29, 1.82) is 0 Å². The third-order valence-electron chi connectivity index (χ3n) is 2.92. The van der Waals surface area contributed by atoms with Crippen molar-refractivity contribution in [2.45, 2.75) is 0 Å². The van der Waals surface area contributed by atoms with Crippen molar-refractivity contribution in [2.24, 2.45) is 0 Å². The summed E-state index contributed by atoms with van der Waals surface area (Å²) in [4.78, 5) is 12.3. The number of amides is 1. The zero-order valence-electron chi connectivity index (χ0n) is 11.1. The quantitative estimate of drug-likeness (QED) is 0.798. The molecule has 0 saturated heterocycles. The Hall–Kier alpha value is -2.44. The summed E-state index contributed by atoms with van der Waals surface area (Å²) in [6.45, 7) is 0. The highest BCUT2D eigenvalue weighted by atomic mass is 35.5. The van der Waals surface area contributed by atoms with Gasteiger partial charge in [0.05, 0.1) is 21.4 Å². The molecule has 6 nitrogen and oxygen atoms in total. The van der Waals surface area contributed by atoms with E-state index in [4.69, 9.17) is 23.2 Å². The maximum absolute atomic E-state index is 12.3. The highest BCUT2D eigenvalue weighted by Gasteiger charge is 2.11. The number of rotatable bonds is 3. The van der Waals surface area contributed by atoms with Crippen molar-refractivity contribution in [3.05, 3.63) is 64.4 Å². The molecule has 2 aromatic carbocycles. The molecule has 110 valence electrons. The first kappa shape index (κ1) is 14.5. The Bertz CT molecular complexity index is 820. The smallest absolute Gasteiger partial charge is 0.255 e. The van der Waals surface area contributed by atoms with Crippen LogP contribution in [0.25, 0.3) is 5.69 Å². The Morgan fingerprint density at radius 1 is 1.14 bits per heavy atom. The maximum Gasteiger partial charge on any atom is 0.255 e. The van der Waals surface area contributed by atoms with Crippen molar-refractivity contribution in [1.82, 2.24) is 20.2 Å². The molecule has 0 aliphatic rings. The van der Waals surface area contributed by atoms with E-state index in [0.29, 0.717) is 27.0 Å². The van der Waals surface area contributed by atoms with Gasteiger partial charge in [0.15, 0.2) is 0 Å². The molecule has 1 amide bonds. The van der Waals surface area contributed by atoms with Crippen LogP contribution >= 0.6 is 23.2 Å². The Balaban J connectivity index is 1.87. The number of benzene rings is 2. The second-order valence-corrected chi connectivity index (χ2v) is 5.15. The van der Waals surface area contributed by atoms with E-state index >= 15 is 0 Å². The third kappa shape index (κ3) is 2.93. The highest BCUT2D eigenvalue weighted by molar-refractivity contribution is 6.44. The number of tetrazole rings is 1. The van der Waals surface area contributed by atoms with Crippen LogP contribution in [0.5, 0.6) is 0 Å². The van der Waals surface area contributed by atoms with Gasteiger partial charge in [0, 0.05) is 5.56 Å². The molecule has 0 unspecified atom stereocenters. The molecule has 0 saturated carbocycles. The lowest BCUT2D eigenvalue weighted by molar-refractivity contribution is 0.102. The fourth-order valence-electron chi connectivity index (χ4n) is 1.86. The summed E-state index contributed by atoms with van der Waals surface area (Å²) in [6, 6.07) is 11.9. The van der Waals surface area contributed by atoms with Crippen molar-refractivity contribution >= 4 is 34.8 Å². The minimum atomic E-state index is -0.306. The minimum Gasteiger partial charge on any atom is -0.321 e. The molecule has 8 heteroatoms. The second-order valence-electron chi connectivity index (χ2n) is 4.36. The van der Waals surface area contributed by atoms with Crippen molar-refractivity contribution < 1.29 is 4.79 Å². The number of anilines is 1. The predicted molar refractivity (Wildman–Crippen MR) is 83.6 cm³/mol. The molecule has 0 aliphatic heterocycles. The van der Waals surface area contributed by atoms with Crippen LogP contribution in [0, 0.1) is 0 Å². The predicted octanol–water partition coefficient (Wildman–Crippen LogP) is 3.22. The monoisotopic (exact) mass is 333 g/mol. The number of hydrogen-bond acceptors (Lipinski definition) is 4. The topological polar surface area (TPSA) is 72.7 Å². The van der Waals surface area contributed by atoms with E-state index in [1.807, 2.05) is 0 Å². The number of aromatic nitrogens is 4. The summed E-state index contributed by atoms with van der Waals surface area (Å²) in [5.74, 6) is -0.306. The van der Waals surface area contributed by atoms with Crippen LogP contribution in [0.15, 0.2) is 48.8 Å². The highest BCUT2D eigenvalue weighted by Crippen LogP contribution is 2.29. The molecule has 3 rings (SSSR count). The van der Waals surface area contributed by atoms with Crippen molar-refractivity contribution in [3.8, 4) is 5.69 Å². The van der Waals surface area contributed by atoms with Crippen LogP contribution in [-0.2, 0) is 0 Å². The number of nitrogens with one attached hydrogen (secondary N) is 1. The summed E-state index contributed by atoms with van der Waals surface area (Å²) >= 11 is 12.0. The van der Waals surface area contributed by atoms with E-state index in [0.717, 1.165) is 0 Å². The Kier molecular flexibility index (Phi) is 4.04. The second kappa shape index (κ2) is 6.13. The number of halogens is 2. The largest absolute Gasteiger partial charge is 0.321 e. The molecule has 0 radical (unpaired) electrons. The molecule has 0 atom stereocenters. The fraction of sp³-hybridized carbons (Fsp3) is 0. The lowest BCUT2D eigenvalue weighted by Gasteiger charge is -2.09. The van der Waals surface area contributed by atoms with Gasteiger partial charge in [-0.15, -0.1) is 5.10 Å². The van der Waals surface area contributed by atoms with Gasteiger partial charge in [0.1, 0.15) is 6.33 Å². The molecule has 3 aromatic rings. The normalized spacial score (nSPS) is 10.5. The summed E-state index contributed by atoms with van der Waals surface area (Å²) in [6.07, 6.45) is 1.45. The van der Waals surface area contributed by atoms with E-state index in [1.54, 1.807) is 42.5 Å². The third-order valence-corrected chi connectivity index (χ3v) is 3.74. The zero-order valence-corrected chi connectivity index (χ0v) is 12.6. The molecule has 22 heavy (non-hydrogen) atoms. The molecule has 1 N–H and O–H groups in total. The average Bonchev–Trinajstić information content (AvgIpc) is 3.06. The lowest BCUT2D eigenvalue weighted by Crippen LogP contribution is -2.12. The lowest BCUT2D eigenvalue weighted by atomic mass is 10.2. The van der Waals surface area contributed by atoms with E-state index < -0.39 is 0 Å². The Morgan fingerprint density at radius 3 is 2.73 bits per heavy atom. The van der Waals surface area contributed by atoms with E-state index in [1.165, 1.54) is 11.0 Å². The van der Waals surface area contributed by atoms with Crippen molar-refractivity contribution in [2.75, 3.05) is 5.32 Å². The molecule has 0 aliphatic carbocycles. The maximum atomic E-state index is 12.3. The van der Waals surface area contributed by atoms with Crippen molar-refractivity contribution in [3.63, 3.8) is 0 Å². The number of nitrogens with zero attached hydrogens (tertiary/aromatic N) is 4. The van der Waals surface area contributed by atoms with Gasteiger partial charge in [-0.05, 0) is 40.8 Å². The van der Waals surface area contributed by atoms with E-state index in [-0.39, 0.29) is 5.91 Å². The summed E-state index contributed by atoms with van der Waals surface area (Å²) in [5, 5.41) is 14.3. The van der Waals surface area contributed by atoms with Gasteiger partial charge in [-0.3, -0.25) is 4.79 Å². The van der Waals surface area contributed by atoms with Gasteiger partial charge >= 0.3 is 0 Å². The van der Waals surface area contributed by atoms with Gasteiger partial charge in [-0.25, -0.2) is 4.68 Å². The van der Waals surface area contributed by atoms with Gasteiger partial charge < -0.3 is 5.32 Å². The number of carbonyl (C=O) groups excluding carboxylic acids is 1. The van der Waals surface area contributed by atoms with Crippen LogP contribution in [0.3, 0.4) is 0 Å². The van der Waals surface area contributed by atoms with Crippen LogP contribution in [0.4, 0.5) is 5.69 Å². The average molecular weight is 334 g/mol. The standard InChI is InChI=1S/C14H9Cl2N5O/c15-11-5-2-6-12(13(11)16)18-14(22)9-3-1-4-10(7-9)21-8-17-19-20-21/h1-8H,(H,18,22). The van der Waals surface area contributed by atoms with E-state index in [9.17, 15) is 4.79 Å². The van der Waals surface area contributed by atoms with Crippen LogP contribution in [0.1, 0.15) is 10.4 Å². The summed E-state index contributed by atoms with van der Waals surface area (Å²) in [5.41, 5.74) is 1.57. The number of carbonyl (C=O) groups is 1. The molecule has 0 fully saturated rings. The number of hydrogen-bond donors (Lipinski definition) is 1. The molecule has 1 aromatic heterocycles. The minimum absolute atomic E-state index is 0.300. The first-order chi connectivity index (χ1) is 10.6. The fourth-order valence-corrected chi connectivity index (χ4v) is 2.21. The van der Waals surface area contributed by atoms with Gasteiger partial charge in [-0.2, -0.15) is 0 Å². The van der Waals surface area contributed by atoms with Gasteiger partial charge in [0.25, 0.3) is 5.91 Å². The van der Waals surface area contributed by atoms with Crippen LogP contribution in [0.2, 0.25) is 10.0 Å². The molecule has 1 heterocycles. The summed E-state index contributed by atoms with van der Waals surface area (Å²) in [7, 11) is 0.